The van der Waals surface area contributed by atoms with Gasteiger partial charge in [0.05, 0.1) is 18.3 Å². The van der Waals surface area contributed by atoms with Crippen LogP contribution in [0.15, 0.2) is 18.2 Å². The minimum absolute atomic E-state index is 0.138. The zero-order valence-corrected chi connectivity index (χ0v) is 12.4. The third-order valence-corrected chi connectivity index (χ3v) is 5.91. The lowest BCUT2D eigenvalue weighted by Crippen LogP contribution is -2.35. The average Bonchev–Trinajstić information content (AvgIpc) is 2.77. The summed E-state index contributed by atoms with van der Waals surface area (Å²) in [6.45, 7) is 0. The van der Waals surface area contributed by atoms with Gasteiger partial charge in [-0.25, -0.2) is 0 Å². The molecule has 116 valence electrons. The summed E-state index contributed by atoms with van der Waals surface area (Å²) in [6.07, 6.45) is -1.35. The number of aliphatic hydroxyl groups is 1. The van der Waals surface area contributed by atoms with Crippen LogP contribution < -0.4 is 4.74 Å². The van der Waals surface area contributed by atoms with E-state index in [0.717, 1.165) is 25.0 Å². The first-order valence-corrected chi connectivity index (χ1v) is 7.89. The van der Waals surface area contributed by atoms with Gasteiger partial charge in [0, 0.05) is 10.5 Å². The van der Waals surface area contributed by atoms with E-state index in [1.165, 1.54) is 13.2 Å². The zero-order chi connectivity index (χ0) is 15.3. The van der Waals surface area contributed by atoms with E-state index < -0.39 is 17.3 Å². The minimum atomic E-state index is -4.44. The van der Waals surface area contributed by atoms with Crippen LogP contribution in [0, 0.1) is 0 Å². The first-order chi connectivity index (χ1) is 9.80. The maximum Gasteiger partial charge on any atom is 0.416 e. The monoisotopic (exact) mass is 318 g/mol. The van der Waals surface area contributed by atoms with Gasteiger partial charge in [-0.05, 0) is 49.4 Å². The number of alkyl halides is 3. The number of thioether (sulfide) groups is 1. The highest BCUT2D eigenvalue weighted by Crippen LogP contribution is 2.52. The van der Waals surface area contributed by atoms with E-state index in [0.29, 0.717) is 28.9 Å². The third kappa shape index (κ3) is 2.88. The second-order valence-corrected chi connectivity index (χ2v) is 7.45. The Labute approximate surface area is 125 Å². The van der Waals surface area contributed by atoms with Crippen molar-refractivity contribution in [1.82, 2.24) is 0 Å². The lowest BCUT2D eigenvalue weighted by molar-refractivity contribution is -0.137. The molecule has 0 spiro atoms. The van der Waals surface area contributed by atoms with Crippen LogP contribution >= 0.6 is 11.8 Å². The minimum Gasteiger partial charge on any atom is -0.497 e. The van der Waals surface area contributed by atoms with Crippen molar-refractivity contribution < 1.29 is 23.0 Å². The van der Waals surface area contributed by atoms with Crippen molar-refractivity contribution in [2.24, 2.45) is 0 Å². The Kier molecular flexibility index (Phi) is 3.64. The Balaban J connectivity index is 2.01. The molecule has 2 bridgehead atoms. The van der Waals surface area contributed by atoms with E-state index >= 15 is 0 Å². The highest BCUT2D eigenvalue weighted by Gasteiger charge is 2.45. The van der Waals surface area contributed by atoms with Gasteiger partial charge in [-0.3, -0.25) is 0 Å². The first kappa shape index (κ1) is 15.0. The Morgan fingerprint density at radius 3 is 2.33 bits per heavy atom. The molecule has 6 heteroatoms. The second-order valence-electron chi connectivity index (χ2n) is 5.85. The van der Waals surface area contributed by atoms with Crippen molar-refractivity contribution in [1.29, 1.82) is 0 Å². The van der Waals surface area contributed by atoms with Crippen molar-refractivity contribution in [2.75, 3.05) is 7.11 Å². The molecule has 2 atom stereocenters. The molecule has 0 amide bonds. The summed E-state index contributed by atoms with van der Waals surface area (Å²) in [5.74, 6) is 0.138. The molecule has 2 heterocycles. The van der Waals surface area contributed by atoms with Gasteiger partial charge in [0.2, 0.25) is 0 Å². The lowest BCUT2D eigenvalue weighted by Gasteiger charge is -2.36. The van der Waals surface area contributed by atoms with Gasteiger partial charge in [0.15, 0.2) is 0 Å². The fourth-order valence-electron chi connectivity index (χ4n) is 3.30. The highest BCUT2D eigenvalue weighted by molar-refractivity contribution is 8.00. The fourth-order valence-corrected chi connectivity index (χ4v) is 5.13. The first-order valence-electron chi connectivity index (χ1n) is 6.95. The summed E-state index contributed by atoms with van der Waals surface area (Å²) in [7, 11) is 1.34. The van der Waals surface area contributed by atoms with Crippen molar-refractivity contribution >= 4 is 11.8 Å². The maximum absolute atomic E-state index is 13.0. The van der Waals surface area contributed by atoms with Gasteiger partial charge in [-0.2, -0.15) is 24.9 Å². The number of methoxy groups -OCH3 is 1. The number of halogens is 3. The van der Waals surface area contributed by atoms with Gasteiger partial charge in [0.1, 0.15) is 5.75 Å². The summed E-state index contributed by atoms with van der Waals surface area (Å²) in [5.41, 5.74) is -1.62. The number of hydrogen-bond acceptors (Lipinski definition) is 3. The number of benzene rings is 1. The van der Waals surface area contributed by atoms with Crippen molar-refractivity contribution in [3.63, 3.8) is 0 Å². The average molecular weight is 318 g/mol. The molecule has 1 N–H and O–H groups in total. The smallest absolute Gasteiger partial charge is 0.416 e. The summed E-state index contributed by atoms with van der Waals surface area (Å²) in [6, 6.07) is 3.57. The largest absolute Gasteiger partial charge is 0.497 e. The van der Waals surface area contributed by atoms with Crippen LogP contribution in [0.5, 0.6) is 5.75 Å². The summed E-state index contributed by atoms with van der Waals surface area (Å²) in [5, 5.41) is 11.6. The molecular weight excluding hydrogens is 301 g/mol. The van der Waals surface area contributed by atoms with Crippen molar-refractivity contribution in [3.05, 3.63) is 29.3 Å². The Morgan fingerprint density at radius 2 is 1.81 bits per heavy atom. The SMILES string of the molecule is COc1cc(C(F)(F)F)cc(C2(O)CC3CCC(C2)S3)c1. The molecule has 2 aliphatic heterocycles. The van der Waals surface area contributed by atoms with Crippen LogP contribution in [-0.4, -0.2) is 22.7 Å². The normalized spacial score (nSPS) is 32.2. The van der Waals surface area contributed by atoms with Crippen LogP contribution in [-0.2, 0) is 11.8 Å². The van der Waals surface area contributed by atoms with E-state index in [2.05, 4.69) is 0 Å². The van der Waals surface area contributed by atoms with Crippen LogP contribution in [0.3, 0.4) is 0 Å². The molecule has 2 saturated heterocycles. The third-order valence-electron chi connectivity index (χ3n) is 4.33. The number of ether oxygens (including phenoxy) is 1. The van der Waals surface area contributed by atoms with Crippen LogP contribution in [0.25, 0.3) is 0 Å². The van der Waals surface area contributed by atoms with Crippen molar-refractivity contribution in [2.45, 2.75) is 48.0 Å². The molecule has 2 nitrogen and oxygen atoms in total. The zero-order valence-electron chi connectivity index (χ0n) is 11.6. The van der Waals surface area contributed by atoms with Crippen LogP contribution in [0.2, 0.25) is 0 Å². The van der Waals surface area contributed by atoms with Gasteiger partial charge in [0.25, 0.3) is 0 Å². The molecular formula is C15H17F3O2S. The topological polar surface area (TPSA) is 29.5 Å². The molecule has 21 heavy (non-hydrogen) atoms. The highest BCUT2D eigenvalue weighted by atomic mass is 32.2. The molecule has 1 aromatic rings. The summed E-state index contributed by atoms with van der Waals surface area (Å²) >= 11 is 1.86. The second kappa shape index (κ2) is 5.09. The van der Waals surface area contributed by atoms with Gasteiger partial charge in [-0.1, -0.05) is 0 Å². The Bertz CT molecular complexity index is 532. The number of hydrogen-bond donors (Lipinski definition) is 1. The molecule has 0 aromatic heterocycles. The van der Waals surface area contributed by atoms with E-state index in [9.17, 15) is 18.3 Å². The molecule has 1 aromatic carbocycles. The predicted molar refractivity (Wildman–Crippen MR) is 75.5 cm³/mol. The van der Waals surface area contributed by atoms with Crippen LogP contribution in [0.1, 0.15) is 36.8 Å². The van der Waals surface area contributed by atoms with E-state index in [1.54, 1.807) is 0 Å². The number of rotatable bonds is 2. The molecule has 0 radical (unpaired) electrons. The lowest BCUT2D eigenvalue weighted by atomic mass is 9.85. The molecule has 2 fully saturated rings. The molecule has 2 aliphatic rings. The van der Waals surface area contributed by atoms with Gasteiger partial charge < -0.3 is 9.84 Å². The van der Waals surface area contributed by atoms with Gasteiger partial charge in [-0.15, -0.1) is 0 Å². The molecule has 0 aliphatic carbocycles. The van der Waals surface area contributed by atoms with Crippen LogP contribution in [0.4, 0.5) is 13.2 Å². The maximum atomic E-state index is 13.0. The van der Waals surface area contributed by atoms with E-state index in [1.807, 2.05) is 11.8 Å². The van der Waals surface area contributed by atoms with E-state index in [-0.39, 0.29) is 5.75 Å². The summed E-state index contributed by atoms with van der Waals surface area (Å²) in [4.78, 5) is 0. The van der Waals surface area contributed by atoms with Gasteiger partial charge >= 0.3 is 6.18 Å². The van der Waals surface area contributed by atoms with E-state index in [4.69, 9.17) is 4.74 Å². The standard InChI is InChI=1S/C15H17F3O2S/c1-20-11-5-9(4-10(6-11)15(16,17)18)14(19)7-12-2-3-13(8-14)21-12/h4-6,12-13,19H,2-3,7-8H2,1H3. The number of fused-ring (bicyclic) bond motifs is 2. The molecule has 2 unspecified atom stereocenters. The predicted octanol–water partition coefficient (Wildman–Crippen LogP) is 3.96. The Hall–Kier alpha value is -0.880. The molecule has 3 rings (SSSR count). The summed E-state index contributed by atoms with van der Waals surface area (Å²) < 4.78 is 44.0. The fraction of sp³-hybridized carbons (Fsp3) is 0.600. The Morgan fingerprint density at radius 1 is 1.19 bits per heavy atom. The quantitative estimate of drug-likeness (QED) is 0.895. The van der Waals surface area contributed by atoms with Crippen molar-refractivity contribution in [3.8, 4) is 5.75 Å². The molecule has 0 saturated carbocycles.